The molecule has 6 rings (SSSR count). The second kappa shape index (κ2) is 10.6. The number of hydrogen-bond donors (Lipinski definition) is 2. The summed E-state index contributed by atoms with van der Waals surface area (Å²) in [5.74, 6) is 0.0287. The first-order valence-electron chi connectivity index (χ1n) is 14.3. The molecular formula is C32H34BFN4O4. The van der Waals surface area contributed by atoms with Crippen molar-refractivity contribution in [2.75, 3.05) is 23.3 Å². The van der Waals surface area contributed by atoms with Crippen LogP contribution in [0.15, 0.2) is 57.0 Å². The Hall–Kier alpha value is -4.18. The molecule has 2 aliphatic rings. The van der Waals surface area contributed by atoms with E-state index < -0.39 is 12.9 Å². The number of nitrogens with zero attached hydrogens (tertiary/aromatic N) is 3. The number of anilines is 2. The Kier molecular flexibility index (Phi) is 7.05. The average molecular weight is 568 g/mol. The number of benzene rings is 2. The minimum Gasteiger partial charge on any atom is -0.440 e. The maximum Gasteiger partial charge on any atom is 0.586 e. The molecule has 1 fully saturated rings. The van der Waals surface area contributed by atoms with E-state index in [-0.39, 0.29) is 22.3 Å². The number of aryl methyl sites for hydroxylation is 1. The number of piperidine rings is 1. The summed E-state index contributed by atoms with van der Waals surface area (Å²) in [6.45, 7) is 12.0. The molecular weight excluding hydrogens is 534 g/mol. The van der Waals surface area contributed by atoms with E-state index in [1.165, 1.54) is 12.3 Å². The van der Waals surface area contributed by atoms with E-state index >= 15 is 4.39 Å². The molecule has 0 saturated carbocycles. The lowest BCUT2D eigenvalue weighted by molar-refractivity contribution is 0.274. The highest BCUT2D eigenvalue weighted by molar-refractivity contribution is 6.62. The quantitative estimate of drug-likeness (QED) is 0.309. The molecule has 0 aliphatic carbocycles. The van der Waals surface area contributed by atoms with Gasteiger partial charge < -0.3 is 24.4 Å². The van der Waals surface area contributed by atoms with E-state index in [0.29, 0.717) is 44.9 Å². The summed E-state index contributed by atoms with van der Waals surface area (Å²) in [5, 5.41) is 17.8. The average Bonchev–Trinajstić information content (AvgIpc) is 2.95. The van der Waals surface area contributed by atoms with Gasteiger partial charge in [0.2, 0.25) is 5.88 Å². The Labute approximate surface area is 244 Å². The highest BCUT2D eigenvalue weighted by Gasteiger charge is 2.31. The van der Waals surface area contributed by atoms with Crippen LogP contribution >= 0.6 is 0 Å². The molecule has 4 aromatic rings. The van der Waals surface area contributed by atoms with Gasteiger partial charge in [0.25, 0.3) is 0 Å². The maximum absolute atomic E-state index is 15.1. The fourth-order valence-electron chi connectivity index (χ4n) is 5.90. The normalized spacial score (nSPS) is 16.7. The first-order valence-corrected chi connectivity index (χ1v) is 14.3. The number of pyridine rings is 1. The molecule has 2 aromatic heterocycles. The van der Waals surface area contributed by atoms with E-state index in [9.17, 15) is 9.82 Å². The summed E-state index contributed by atoms with van der Waals surface area (Å²) in [5.41, 5.74) is 5.43. The minimum atomic E-state index is -1.46. The van der Waals surface area contributed by atoms with Gasteiger partial charge in [-0.25, -0.2) is 4.39 Å². The first kappa shape index (κ1) is 28.0. The van der Waals surface area contributed by atoms with E-state index in [0.717, 1.165) is 37.1 Å². The molecule has 42 heavy (non-hydrogen) atoms. The zero-order valence-electron chi connectivity index (χ0n) is 24.5. The first-order chi connectivity index (χ1) is 20.0. The Balaban J connectivity index is 1.39. The fraction of sp³-hybridized carbons (Fsp3) is 0.344. The van der Waals surface area contributed by atoms with E-state index in [1.807, 2.05) is 39.0 Å². The van der Waals surface area contributed by atoms with Gasteiger partial charge in [-0.05, 0) is 74.9 Å². The lowest BCUT2D eigenvalue weighted by atomic mass is 9.75. The van der Waals surface area contributed by atoms with Crippen LogP contribution in [0.25, 0.3) is 22.2 Å². The van der Waals surface area contributed by atoms with Gasteiger partial charge in [-0.2, -0.15) is 0 Å². The van der Waals surface area contributed by atoms with Crippen LogP contribution in [-0.2, 0) is 4.76 Å². The van der Waals surface area contributed by atoms with Crippen molar-refractivity contribution < 1.29 is 18.6 Å². The highest BCUT2D eigenvalue weighted by Crippen LogP contribution is 2.37. The smallest absolute Gasteiger partial charge is 0.440 e. The maximum atomic E-state index is 15.1. The van der Waals surface area contributed by atoms with Crippen molar-refractivity contribution in [3.63, 3.8) is 0 Å². The van der Waals surface area contributed by atoms with Gasteiger partial charge in [0.1, 0.15) is 11.4 Å². The van der Waals surface area contributed by atoms with E-state index in [1.54, 1.807) is 18.3 Å². The number of aromatic nitrogens is 1. The van der Waals surface area contributed by atoms with Gasteiger partial charge in [-0.1, -0.05) is 19.9 Å². The Morgan fingerprint density at radius 2 is 1.93 bits per heavy atom. The molecule has 0 bridgehead atoms. The number of fused-ring (bicyclic) bond motifs is 2. The number of rotatable bonds is 5. The van der Waals surface area contributed by atoms with Crippen LogP contribution < -0.4 is 21.1 Å². The highest BCUT2D eigenvalue weighted by atomic mass is 19.1. The third-order valence-corrected chi connectivity index (χ3v) is 8.45. The second-order valence-corrected chi connectivity index (χ2v) is 12.2. The van der Waals surface area contributed by atoms with Crippen molar-refractivity contribution in [2.24, 2.45) is 10.6 Å². The molecule has 8 nitrogen and oxygen atoms in total. The molecule has 1 unspecified atom stereocenters. The fourth-order valence-corrected chi connectivity index (χ4v) is 5.90. The SMILES string of the molecule is Cc1cc(C(C)Nc2cccnc2-c2cc(F)c3c(c2)C=NOB3O)c2oc(N3CCC(C)(C)CC3)c(C)c(=O)c2c1. The summed E-state index contributed by atoms with van der Waals surface area (Å²) >= 11 is 0. The summed E-state index contributed by atoms with van der Waals surface area (Å²) in [6, 6.07) is 10.4. The molecule has 2 aromatic carbocycles. The molecule has 0 spiro atoms. The van der Waals surface area contributed by atoms with Crippen LogP contribution in [0.3, 0.4) is 0 Å². The van der Waals surface area contributed by atoms with Gasteiger partial charge in [0.05, 0.1) is 34.6 Å². The molecule has 0 amide bonds. The summed E-state index contributed by atoms with van der Waals surface area (Å²) in [7, 11) is -1.46. The van der Waals surface area contributed by atoms with Crippen LogP contribution in [0.1, 0.15) is 61.9 Å². The second-order valence-electron chi connectivity index (χ2n) is 12.2. The van der Waals surface area contributed by atoms with Gasteiger partial charge in [0, 0.05) is 41.4 Å². The van der Waals surface area contributed by atoms with Gasteiger partial charge in [0.15, 0.2) is 5.43 Å². The van der Waals surface area contributed by atoms with Crippen molar-refractivity contribution in [1.29, 1.82) is 0 Å². The van der Waals surface area contributed by atoms with Crippen LogP contribution in [0.2, 0.25) is 0 Å². The molecule has 1 atom stereocenters. The van der Waals surface area contributed by atoms with Crippen molar-refractivity contribution >= 4 is 41.3 Å². The van der Waals surface area contributed by atoms with Crippen molar-refractivity contribution in [3.05, 3.63) is 80.9 Å². The standard InChI is InChI=1S/C32H34BFN4O4/c1-18-13-23(30-24(14-18)29(39)19(2)31(41-30)38-11-8-32(4,5)9-12-38)20(3)37-26-7-6-10-35-28(26)21-15-22-17-36-42-33(40)27(22)25(34)16-21/h6-7,10,13-17,20,37,40H,8-9,11-12H2,1-5H3. The number of halogens is 1. The molecule has 0 radical (unpaired) electrons. The molecule has 10 heteroatoms. The number of nitrogens with one attached hydrogen (secondary N) is 1. The predicted molar refractivity (Wildman–Crippen MR) is 165 cm³/mol. The minimum absolute atomic E-state index is 0.0207. The monoisotopic (exact) mass is 568 g/mol. The molecule has 1 saturated heterocycles. The topological polar surface area (TPSA) is 100 Å². The summed E-state index contributed by atoms with van der Waals surface area (Å²) in [4.78, 5) is 20.4. The molecule has 4 heterocycles. The predicted octanol–water partition coefficient (Wildman–Crippen LogP) is 5.46. The Bertz CT molecular complexity index is 1780. The largest absolute Gasteiger partial charge is 0.586 e. The number of oxime groups is 1. The van der Waals surface area contributed by atoms with Gasteiger partial charge >= 0.3 is 7.12 Å². The van der Waals surface area contributed by atoms with E-state index in [2.05, 4.69) is 34.2 Å². The van der Waals surface area contributed by atoms with E-state index in [4.69, 9.17) is 9.17 Å². The molecule has 2 N–H and O–H groups in total. The third-order valence-electron chi connectivity index (χ3n) is 8.45. The van der Waals surface area contributed by atoms with Crippen molar-refractivity contribution in [3.8, 4) is 11.3 Å². The van der Waals surface area contributed by atoms with Crippen molar-refractivity contribution in [2.45, 2.75) is 53.5 Å². The summed E-state index contributed by atoms with van der Waals surface area (Å²) < 4.78 is 26.4. The Morgan fingerprint density at radius 3 is 2.69 bits per heavy atom. The molecule has 2 aliphatic heterocycles. The van der Waals surface area contributed by atoms with Gasteiger partial charge in [-0.15, -0.1) is 5.16 Å². The lowest BCUT2D eigenvalue weighted by Crippen LogP contribution is -2.40. The zero-order chi connectivity index (χ0) is 29.8. The molecule has 216 valence electrons. The Morgan fingerprint density at radius 1 is 1.17 bits per heavy atom. The summed E-state index contributed by atoms with van der Waals surface area (Å²) in [6.07, 6.45) is 5.07. The zero-order valence-corrected chi connectivity index (χ0v) is 24.5. The third kappa shape index (κ3) is 5.04. The van der Waals surface area contributed by atoms with Crippen molar-refractivity contribution in [1.82, 2.24) is 4.98 Å². The van der Waals surface area contributed by atoms with Gasteiger partial charge in [-0.3, -0.25) is 9.78 Å². The van der Waals surface area contributed by atoms with Crippen LogP contribution in [0.5, 0.6) is 0 Å². The van der Waals surface area contributed by atoms with Crippen LogP contribution in [0, 0.1) is 25.1 Å². The number of hydrogen-bond acceptors (Lipinski definition) is 8. The van der Waals surface area contributed by atoms with Crippen LogP contribution in [-0.4, -0.2) is 36.4 Å². The lowest BCUT2D eigenvalue weighted by Gasteiger charge is -2.37. The van der Waals surface area contributed by atoms with Crippen LogP contribution in [0.4, 0.5) is 16.0 Å².